The van der Waals surface area contributed by atoms with Crippen molar-refractivity contribution >= 4 is 11.9 Å². The van der Waals surface area contributed by atoms with Crippen LogP contribution in [0.5, 0.6) is 0 Å². The van der Waals surface area contributed by atoms with Crippen LogP contribution in [0.2, 0.25) is 0 Å². The van der Waals surface area contributed by atoms with E-state index >= 15 is 0 Å². The summed E-state index contributed by atoms with van der Waals surface area (Å²) in [6.45, 7) is 5.46. The van der Waals surface area contributed by atoms with Gasteiger partial charge in [-0.1, -0.05) is 17.7 Å². The molecule has 0 aliphatic carbocycles. The maximum atomic E-state index is 12.6. The molecule has 2 aromatic heterocycles. The molecule has 0 aliphatic heterocycles. The van der Waals surface area contributed by atoms with Gasteiger partial charge in [0.25, 0.3) is 11.1 Å². The predicted molar refractivity (Wildman–Crippen MR) is 92.7 cm³/mol. The highest BCUT2D eigenvalue weighted by atomic mass is 16.1. The third kappa shape index (κ3) is 3.10. The van der Waals surface area contributed by atoms with Crippen molar-refractivity contribution in [2.45, 2.75) is 20.8 Å². The predicted octanol–water partition coefficient (Wildman–Crippen LogP) is 1.92. The largest absolute Gasteiger partial charge is 0.292 e. The Hall–Kier alpha value is -3.22. The normalized spacial score (nSPS) is 11.3. The van der Waals surface area contributed by atoms with Crippen LogP contribution in [0.1, 0.15) is 22.5 Å². The number of aliphatic imine (C=N–C) groups is 1. The van der Waals surface area contributed by atoms with Crippen molar-refractivity contribution in [2.75, 3.05) is 0 Å². The molecule has 2 N–H and O–H groups in total. The topological polar surface area (TPSA) is 95.9 Å². The molecule has 1 aromatic carbocycles. The third-order valence-corrected chi connectivity index (χ3v) is 3.56. The number of benzene rings is 1. The summed E-state index contributed by atoms with van der Waals surface area (Å²) in [6, 6.07) is 9.04. The Kier molecular flexibility index (Phi) is 3.99. The summed E-state index contributed by atoms with van der Waals surface area (Å²) in [6.07, 6.45) is 1.52. The van der Waals surface area contributed by atoms with Gasteiger partial charge in [-0.05, 0) is 32.9 Å². The molecule has 122 valence electrons. The fourth-order valence-corrected chi connectivity index (χ4v) is 2.30. The van der Waals surface area contributed by atoms with Crippen LogP contribution in [-0.4, -0.2) is 26.0 Å². The lowest BCUT2D eigenvalue weighted by molar-refractivity contribution is 0.763. The second kappa shape index (κ2) is 6.11. The van der Waals surface area contributed by atoms with Gasteiger partial charge in [-0.3, -0.25) is 24.7 Å². The lowest BCUT2D eigenvalue weighted by Crippen LogP contribution is -2.23. The number of aromatic nitrogens is 4. The first-order chi connectivity index (χ1) is 11.4. The summed E-state index contributed by atoms with van der Waals surface area (Å²) in [4.78, 5) is 35.2. The van der Waals surface area contributed by atoms with Crippen LogP contribution < -0.4 is 11.1 Å². The van der Waals surface area contributed by atoms with Gasteiger partial charge in [0.05, 0.1) is 11.3 Å². The van der Waals surface area contributed by atoms with Crippen molar-refractivity contribution in [3.05, 3.63) is 73.6 Å². The van der Waals surface area contributed by atoms with Crippen LogP contribution in [0.3, 0.4) is 0 Å². The van der Waals surface area contributed by atoms with Gasteiger partial charge >= 0.3 is 0 Å². The molecular formula is C17H17N5O2. The first-order valence-corrected chi connectivity index (χ1v) is 7.45. The van der Waals surface area contributed by atoms with Gasteiger partial charge < -0.3 is 0 Å². The molecule has 0 saturated heterocycles. The molecule has 3 rings (SSSR count). The lowest BCUT2D eigenvalue weighted by atomic mass is 10.2. The number of hydrogen-bond acceptors (Lipinski definition) is 4. The summed E-state index contributed by atoms with van der Waals surface area (Å²) >= 11 is 0. The minimum absolute atomic E-state index is 0.156. The molecule has 0 radical (unpaired) electrons. The molecule has 0 spiro atoms. The monoisotopic (exact) mass is 323 g/mol. The van der Waals surface area contributed by atoms with Gasteiger partial charge in [-0.25, -0.2) is 4.98 Å². The zero-order valence-electron chi connectivity index (χ0n) is 13.6. The van der Waals surface area contributed by atoms with Crippen molar-refractivity contribution in [1.82, 2.24) is 19.7 Å². The van der Waals surface area contributed by atoms with Gasteiger partial charge in [0, 0.05) is 23.7 Å². The SMILES string of the molecule is Cc1ccc(N=Cc2c(C)[nH]n(-c3nc(C)cc(=O)[nH]3)c2=O)cc1. The Bertz CT molecular complexity index is 1020. The van der Waals surface area contributed by atoms with E-state index in [1.54, 1.807) is 13.8 Å². The van der Waals surface area contributed by atoms with Crippen LogP contribution in [0.4, 0.5) is 5.69 Å². The highest BCUT2D eigenvalue weighted by molar-refractivity contribution is 5.82. The van der Waals surface area contributed by atoms with E-state index in [1.807, 2.05) is 31.2 Å². The summed E-state index contributed by atoms with van der Waals surface area (Å²) < 4.78 is 1.21. The van der Waals surface area contributed by atoms with Crippen LogP contribution in [0.25, 0.3) is 5.95 Å². The second-order valence-corrected chi connectivity index (χ2v) is 5.60. The zero-order chi connectivity index (χ0) is 17.3. The number of nitrogens with one attached hydrogen (secondary N) is 2. The minimum Gasteiger partial charge on any atom is -0.292 e. The molecule has 0 aliphatic rings. The van der Waals surface area contributed by atoms with E-state index in [0.29, 0.717) is 17.0 Å². The van der Waals surface area contributed by atoms with Gasteiger partial charge in [-0.2, -0.15) is 4.68 Å². The zero-order valence-corrected chi connectivity index (χ0v) is 13.6. The molecule has 24 heavy (non-hydrogen) atoms. The molecule has 0 unspecified atom stereocenters. The number of nitrogens with zero attached hydrogens (tertiary/aromatic N) is 3. The minimum atomic E-state index is -0.322. The molecule has 0 saturated carbocycles. The first kappa shape index (κ1) is 15.7. The standard InChI is InChI=1S/C17H17N5O2/c1-10-4-6-13(7-5-10)18-9-14-12(3)21-22(16(14)24)17-19-11(2)8-15(23)20-17/h4-9,21H,1-3H3,(H,19,20,23). The Labute approximate surface area is 137 Å². The van der Waals surface area contributed by atoms with Gasteiger partial charge in [0.15, 0.2) is 0 Å². The van der Waals surface area contributed by atoms with Crippen LogP contribution in [0, 0.1) is 20.8 Å². The summed E-state index contributed by atoms with van der Waals surface area (Å²) in [5.74, 6) is 0.156. The lowest BCUT2D eigenvalue weighted by Gasteiger charge is -2.00. The van der Waals surface area contributed by atoms with Gasteiger partial charge in [-0.15, -0.1) is 0 Å². The average molecular weight is 323 g/mol. The van der Waals surface area contributed by atoms with Gasteiger partial charge in [0.2, 0.25) is 5.95 Å². The van der Waals surface area contributed by atoms with Crippen molar-refractivity contribution in [1.29, 1.82) is 0 Å². The molecule has 0 amide bonds. The molecular weight excluding hydrogens is 306 g/mol. The first-order valence-electron chi connectivity index (χ1n) is 7.45. The Morgan fingerprint density at radius 2 is 1.83 bits per heavy atom. The highest BCUT2D eigenvalue weighted by Gasteiger charge is 2.12. The van der Waals surface area contributed by atoms with E-state index in [-0.39, 0.29) is 17.1 Å². The summed E-state index contributed by atoms with van der Waals surface area (Å²) in [7, 11) is 0. The molecule has 0 bridgehead atoms. The fraction of sp³-hybridized carbons (Fsp3) is 0.176. The number of hydrogen-bond donors (Lipinski definition) is 2. The van der Waals surface area contributed by atoms with E-state index < -0.39 is 0 Å². The molecule has 0 atom stereocenters. The molecule has 7 heteroatoms. The molecule has 3 aromatic rings. The number of rotatable bonds is 3. The van der Waals surface area contributed by atoms with Crippen molar-refractivity contribution < 1.29 is 0 Å². The number of aryl methyl sites for hydroxylation is 3. The third-order valence-electron chi connectivity index (χ3n) is 3.56. The quantitative estimate of drug-likeness (QED) is 0.721. The van der Waals surface area contributed by atoms with Crippen LogP contribution in [-0.2, 0) is 0 Å². The van der Waals surface area contributed by atoms with E-state index in [2.05, 4.69) is 20.1 Å². The molecule has 7 nitrogen and oxygen atoms in total. The average Bonchev–Trinajstić information content (AvgIpc) is 2.81. The van der Waals surface area contributed by atoms with E-state index in [9.17, 15) is 9.59 Å². The van der Waals surface area contributed by atoms with Crippen LogP contribution in [0.15, 0.2) is 44.9 Å². The van der Waals surface area contributed by atoms with E-state index in [0.717, 1.165) is 11.3 Å². The smallest absolute Gasteiger partial charge is 0.282 e. The number of aromatic amines is 2. The number of H-pyrrole nitrogens is 2. The highest BCUT2D eigenvalue weighted by Crippen LogP contribution is 2.12. The van der Waals surface area contributed by atoms with Gasteiger partial charge in [0.1, 0.15) is 0 Å². The molecule has 2 heterocycles. The maximum absolute atomic E-state index is 12.6. The van der Waals surface area contributed by atoms with Crippen LogP contribution >= 0.6 is 0 Å². The Balaban J connectivity index is 2.02. The summed E-state index contributed by atoms with van der Waals surface area (Å²) in [5, 5.41) is 2.91. The Morgan fingerprint density at radius 3 is 2.50 bits per heavy atom. The maximum Gasteiger partial charge on any atom is 0.282 e. The molecule has 0 fully saturated rings. The van der Waals surface area contributed by atoms with E-state index in [4.69, 9.17) is 0 Å². The second-order valence-electron chi connectivity index (χ2n) is 5.60. The fourth-order valence-electron chi connectivity index (χ4n) is 2.30. The summed E-state index contributed by atoms with van der Waals surface area (Å²) in [5.41, 5.74) is 2.85. The Morgan fingerprint density at radius 1 is 1.12 bits per heavy atom. The van der Waals surface area contributed by atoms with Crippen molar-refractivity contribution in [3.63, 3.8) is 0 Å². The van der Waals surface area contributed by atoms with Crippen molar-refractivity contribution in [3.8, 4) is 5.95 Å². The van der Waals surface area contributed by atoms with E-state index in [1.165, 1.54) is 17.0 Å². The van der Waals surface area contributed by atoms with Crippen molar-refractivity contribution in [2.24, 2.45) is 4.99 Å².